The van der Waals surface area contributed by atoms with Crippen molar-refractivity contribution in [2.75, 3.05) is 11.5 Å². The summed E-state index contributed by atoms with van der Waals surface area (Å²) in [6.45, 7) is 0. The Labute approximate surface area is 299 Å². The van der Waals surface area contributed by atoms with Gasteiger partial charge in [0, 0.05) is 38.9 Å². The Morgan fingerprint density at radius 2 is 1.13 bits per heavy atom. The van der Waals surface area contributed by atoms with Crippen LogP contribution in [0.15, 0.2) is 173 Å². The van der Waals surface area contributed by atoms with E-state index >= 15 is 0 Å². The molecular formula is C44H32N6O2. The molecule has 52 heavy (non-hydrogen) atoms. The highest BCUT2D eigenvalue weighted by molar-refractivity contribution is 6.30. The Kier molecular flexibility index (Phi) is 6.75. The van der Waals surface area contributed by atoms with Gasteiger partial charge in [-0.2, -0.15) is 0 Å². The van der Waals surface area contributed by atoms with Crippen molar-refractivity contribution >= 4 is 40.0 Å². The molecule has 0 aliphatic carbocycles. The number of rotatable bonds is 6. The molecule has 0 radical (unpaired) electrons. The smallest absolute Gasteiger partial charge is 0.127 e. The van der Waals surface area contributed by atoms with Crippen molar-refractivity contribution in [3.63, 3.8) is 0 Å². The Morgan fingerprint density at radius 3 is 1.77 bits per heavy atom. The largest absolute Gasteiger partial charge is 0.457 e. The van der Waals surface area contributed by atoms with Crippen LogP contribution in [0.5, 0.6) is 23.0 Å². The minimum Gasteiger partial charge on any atom is -0.457 e. The lowest BCUT2D eigenvalue weighted by molar-refractivity contribution is 0.482. The van der Waals surface area contributed by atoms with Crippen LogP contribution in [0.4, 0.5) is 11.4 Å². The lowest BCUT2D eigenvalue weighted by atomic mass is 9.97. The molecule has 250 valence electrons. The van der Waals surface area contributed by atoms with Gasteiger partial charge in [-0.05, 0) is 139 Å². The van der Waals surface area contributed by atoms with Crippen molar-refractivity contribution in [1.29, 1.82) is 0 Å². The van der Waals surface area contributed by atoms with Crippen LogP contribution in [-0.2, 0) is 0 Å². The standard InChI is InChI=1S/C44H32N6O2/c45-28-5-16-35(17-6-28)51-33-12-1-26(2-13-33)43-37-20-9-30(47-37)23-31-10-22-39(48-31)44(42-25-41-40(50(41)42)24-32-11-21-38(43)49-32)27-3-14-34(15-4-27)52-36-18-7-29(46)8-19-36/h1-25,40-41,47H,45-46H2/b30-23?,32-24-,43-37-,44-39?. The van der Waals surface area contributed by atoms with Crippen molar-refractivity contribution < 1.29 is 9.47 Å². The molecule has 6 heterocycles. The highest BCUT2D eigenvalue weighted by atomic mass is 16.5. The van der Waals surface area contributed by atoms with E-state index in [0.717, 1.165) is 78.8 Å². The quantitative estimate of drug-likeness (QED) is 0.132. The Hall–Kier alpha value is -7.06. The van der Waals surface area contributed by atoms with Crippen molar-refractivity contribution in [1.82, 2.24) is 9.88 Å². The predicted molar refractivity (Wildman–Crippen MR) is 207 cm³/mol. The van der Waals surface area contributed by atoms with Gasteiger partial charge in [-0.25, -0.2) is 9.98 Å². The first-order valence-electron chi connectivity index (χ1n) is 17.2. The topological polar surface area (TPSA) is 114 Å². The zero-order valence-electron chi connectivity index (χ0n) is 27.9. The van der Waals surface area contributed by atoms with Crippen LogP contribution in [-0.4, -0.2) is 33.4 Å². The molecule has 0 saturated carbocycles. The van der Waals surface area contributed by atoms with Crippen molar-refractivity contribution in [3.8, 4) is 23.0 Å². The summed E-state index contributed by atoms with van der Waals surface area (Å²) in [5.41, 5.74) is 22.1. The molecule has 10 rings (SSSR count). The molecular weight excluding hydrogens is 645 g/mol. The van der Waals surface area contributed by atoms with Crippen LogP contribution >= 0.6 is 0 Å². The van der Waals surface area contributed by atoms with Gasteiger partial charge >= 0.3 is 0 Å². The maximum atomic E-state index is 6.09. The molecule has 6 bridgehead atoms. The number of allylic oxidation sites excluding steroid dienone is 5. The minimum absolute atomic E-state index is 0.236. The number of nitrogens with zero attached hydrogens (tertiary/aromatic N) is 3. The summed E-state index contributed by atoms with van der Waals surface area (Å²) in [7, 11) is 0. The number of fused-ring (bicyclic) bond motifs is 5. The van der Waals surface area contributed by atoms with Crippen LogP contribution in [0.2, 0.25) is 0 Å². The normalized spacial score (nSPS) is 21.3. The molecule has 5 aromatic rings. The fourth-order valence-corrected chi connectivity index (χ4v) is 7.10. The number of hydrogen-bond donors (Lipinski definition) is 3. The number of hydrogen-bond acceptors (Lipinski definition) is 7. The van der Waals surface area contributed by atoms with E-state index in [1.165, 1.54) is 5.70 Å². The third kappa shape index (κ3) is 5.43. The number of nitrogens with two attached hydrogens (primary N) is 2. The minimum atomic E-state index is 0.236. The van der Waals surface area contributed by atoms with Gasteiger partial charge in [0.05, 0.1) is 34.9 Å². The number of ether oxygens (including phenoxy) is 2. The first-order valence-corrected chi connectivity index (χ1v) is 17.2. The fourth-order valence-electron chi connectivity index (χ4n) is 7.10. The first kappa shape index (κ1) is 29.8. The molecule has 0 spiro atoms. The van der Waals surface area contributed by atoms with Crippen molar-refractivity contribution in [2.45, 2.75) is 12.1 Å². The molecule has 8 heteroatoms. The number of nitrogen functional groups attached to an aromatic ring is 2. The third-order valence-corrected chi connectivity index (χ3v) is 9.74. The molecule has 5 aliphatic heterocycles. The van der Waals surface area contributed by atoms with Gasteiger partial charge in [-0.15, -0.1) is 0 Å². The first-order chi connectivity index (χ1) is 25.5. The van der Waals surface area contributed by atoms with Crippen molar-refractivity contribution in [2.24, 2.45) is 9.98 Å². The number of anilines is 2. The summed E-state index contributed by atoms with van der Waals surface area (Å²) in [4.78, 5) is 16.3. The summed E-state index contributed by atoms with van der Waals surface area (Å²) in [6.07, 6.45) is 15.1. The monoisotopic (exact) mass is 676 g/mol. The van der Waals surface area contributed by atoms with Gasteiger partial charge in [-0.1, -0.05) is 24.3 Å². The molecule has 2 atom stereocenters. The zero-order valence-corrected chi connectivity index (χ0v) is 27.9. The number of aliphatic imine (C=N–C) groups is 2. The highest BCUT2D eigenvalue weighted by Gasteiger charge is 2.54. The third-order valence-electron chi connectivity index (χ3n) is 9.74. The van der Waals surface area contributed by atoms with E-state index in [2.05, 4.69) is 88.8 Å². The van der Waals surface area contributed by atoms with Crippen LogP contribution in [0.3, 0.4) is 0 Å². The summed E-state index contributed by atoms with van der Waals surface area (Å²) >= 11 is 0. The lowest BCUT2D eigenvalue weighted by Crippen LogP contribution is -2.18. The molecule has 4 aromatic carbocycles. The molecule has 2 unspecified atom stereocenters. The number of aromatic nitrogens is 1. The average molecular weight is 677 g/mol. The van der Waals surface area contributed by atoms with Crippen LogP contribution < -0.4 is 31.6 Å². The summed E-state index contributed by atoms with van der Waals surface area (Å²) in [5.74, 6) is 2.97. The maximum Gasteiger partial charge on any atom is 0.127 e. The van der Waals surface area contributed by atoms with Gasteiger partial charge in [0.15, 0.2) is 0 Å². The number of nitrogens with one attached hydrogen (secondary N) is 1. The van der Waals surface area contributed by atoms with E-state index in [4.69, 9.17) is 30.9 Å². The lowest BCUT2D eigenvalue weighted by Gasteiger charge is -2.22. The second-order valence-corrected chi connectivity index (χ2v) is 13.2. The number of benzene rings is 4. The maximum absolute atomic E-state index is 6.09. The second-order valence-electron chi connectivity index (χ2n) is 13.2. The van der Waals surface area contributed by atoms with Gasteiger partial charge in [0.1, 0.15) is 23.0 Å². The zero-order chi connectivity index (χ0) is 34.8. The van der Waals surface area contributed by atoms with E-state index in [-0.39, 0.29) is 6.04 Å². The van der Waals surface area contributed by atoms with E-state index in [9.17, 15) is 0 Å². The molecule has 1 saturated heterocycles. The number of H-pyrrole nitrogens is 1. The van der Waals surface area contributed by atoms with Gasteiger partial charge < -0.3 is 30.8 Å². The van der Waals surface area contributed by atoms with Crippen LogP contribution in [0, 0.1) is 0 Å². The molecule has 1 aromatic heterocycles. The molecule has 1 fully saturated rings. The van der Waals surface area contributed by atoms with Crippen LogP contribution in [0.1, 0.15) is 11.1 Å². The Balaban J connectivity index is 1.02. The van der Waals surface area contributed by atoms with Gasteiger partial charge in [0.2, 0.25) is 0 Å². The SMILES string of the molecule is Nc1ccc(Oc2ccc(C3=C4C=CC(=N4)C=c4cc/c([nH]4)=C(\c4ccc(Oc5ccc(N)cc5)cc4)C4=N/C(=C\C5C6C=C3N65)C=C4)cc2)cc1. The summed E-state index contributed by atoms with van der Waals surface area (Å²) < 4.78 is 12.2. The van der Waals surface area contributed by atoms with E-state index in [1.807, 2.05) is 72.8 Å². The average Bonchev–Trinajstić information content (AvgIpc) is 3.70. The van der Waals surface area contributed by atoms with E-state index < -0.39 is 0 Å². The van der Waals surface area contributed by atoms with Gasteiger partial charge in [-0.3, -0.25) is 0 Å². The summed E-state index contributed by atoms with van der Waals surface area (Å²) in [6, 6.07) is 35.9. The van der Waals surface area contributed by atoms with Crippen molar-refractivity contribution in [3.05, 3.63) is 185 Å². The van der Waals surface area contributed by atoms with E-state index in [1.54, 1.807) is 0 Å². The molecule has 0 amide bonds. The predicted octanol–water partition coefficient (Wildman–Crippen LogP) is 7.02. The molecule has 5 N–H and O–H groups in total. The van der Waals surface area contributed by atoms with E-state index in [0.29, 0.717) is 17.4 Å². The second kappa shape index (κ2) is 11.8. The van der Waals surface area contributed by atoms with Crippen LogP contribution in [0.25, 0.3) is 17.2 Å². The highest BCUT2D eigenvalue weighted by Crippen LogP contribution is 2.51. The Morgan fingerprint density at radius 1 is 0.558 bits per heavy atom. The number of aromatic amines is 1. The van der Waals surface area contributed by atoms with Gasteiger partial charge in [0.25, 0.3) is 0 Å². The molecule has 5 aliphatic rings. The summed E-state index contributed by atoms with van der Waals surface area (Å²) in [5, 5.41) is 1.92. The fraction of sp³-hybridized carbons (Fsp3) is 0.0455. The molecule has 8 nitrogen and oxygen atoms in total. The Bertz CT molecular complexity index is 2620.